The van der Waals surface area contributed by atoms with E-state index in [1.54, 1.807) is 32.0 Å². The van der Waals surface area contributed by atoms with E-state index in [9.17, 15) is 14.7 Å². The third-order valence-corrected chi connectivity index (χ3v) is 6.62. The van der Waals surface area contributed by atoms with Gasteiger partial charge in [0.15, 0.2) is 11.5 Å². The van der Waals surface area contributed by atoms with Crippen LogP contribution in [0.1, 0.15) is 42.5 Å². The number of alkyl carbamates (subject to hydrolysis) is 1. The lowest BCUT2D eigenvalue weighted by Gasteiger charge is -2.31. The van der Waals surface area contributed by atoms with Crippen molar-refractivity contribution in [2.45, 2.75) is 25.8 Å². The summed E-state index contributed by atoms with van der Waals surface area (Å²) in [6, 6.07) is 20.3. The highest BCUT2D eigenvalue weighted by atomic mass is 16.5. The summed E-state index contributed by atoms with van der Waals surface area (Å²) in [6.45, 7) is 3.24. The molecule has 1 atom stereocenters. The minimum atomic E-state index is -1.33. The summed E-state index contributed by atoms with van der Waals surface area (Å²) in [4.78, 5) is 25.1. The summed E-state index contributed by atoms with van der Waals surface area (Å²) in [5.74, 6) is -0.216. The summed E-state index contributed by atoms with van der Waals surface area (Å²) in [5, 5.41) is 12.7. The van der Waals surface area contributed by atoms with Crippen LogP contribution >= 0.6 is 0 Å². The second kappa shape index (κ2) is 9.70. The lowest BCUT2D eigenvalue weighted by atomic mass is 9.80. The molecule has 35 heavy (non-hydrogen) atoms. The molecule has 1 amide bonds. The van der Waals surface area contributed by atoms with Crippen LogP contribution in [0, 0.1) is 5.41 Å². The largest absolute Gasteiger partial charge is 0.493 e. The molecule has 0 saturated carbocycles. The van der Waals surface area contributed by atoms with Crippen molar-refractivity contribution < 1.29 is 28.9 Å². The van der Waals surface area contributed by atoms with Crippen molar-refractivity contribution >= 4 is 12.1 Å². The van der Waals surface area contributed by atoms with E-state index in [0.29, 0.717) is 17.1 Å². The van der Waals surface area contributed by atoms with Crippen molar-refractivity contribution in [1.29, 1.82) is 0 Å². The molecular formula is C28H29NO6. The van der Waals surface area contributed by atoms with Crippen molar-refractivity contribution in [2.24, 2.45) is 5.41 Å². The zero-order chi connectivity index (χ0) is 25.2. The van der Waals surface area contributed by atoms with Crippen molar-refractivity contribution in [2.75, 3.05) is 20.8 Å². The standard InChI is InChI=1S/C28H29NO6/c1-28(2,26(30)31)25(17-13-14-23(33-3)24(15-17)34-4)29-27(32)35-16-22-20-11-7-5-9-18(20)19-10-6-8-12-21(19)22/h5-15,22,25H,16H2,1-4H3,(H,29,32)(H,30,31). The van der Waals surface area contributed by atoms with Gasteiger partial charge in [-0.25, -0.2) is 4.79 Å². The summed E-state index contributed by atoms with van der Waals surface area (Å²) in [5.41, 5.74) is 3.70. The van der Waals surface area contributed by atoms with Gasteiger partial charge in [-0.1, -0.05) is 54.6 Å². The quantitative estimate of drug-likeness (QED) is 0.453. The maximum Gasteiger partial charge on any atom is 0.407 e. The minimum absolute atomic E-state index is 0.0971. The Hall–Kier alpha value is -4.00. The van der Waals surface area contributed by atoms with Crippen LogP contribution in [0.2, 0.25) is 0 Å². The summed E-state index contributed by atoms with van der Waals surface area (Å²) < 4.78 is 16.3. The Labute approximate surface area is 204 Å². The molecule has 3 aromatic carbocycles. The van der Waals surface area contributed by atoms with E-state index in [0.717, 1.165) is 22.3 Å². The van der Waals surface area contributed by atoms with E-state index in [4.69, 9.17) is 14.2 Å². The molecular weight excluding hydrogens is 446 g/mol. The van der Waals surface area contributed by atoms with Crippen LogP contribution in [0.5, 0.6) is 11.5 Å². The normalized spacial score (nSPS) is 13.4. The maximum absolute atomic E-state index is 13.0. The average Bonchev–Trinajstić information content (AvgIpc) is 3.19. The Balaban J connectivity index is 1.56. The first-order valence-electron chi connectivity index (χ1n) is 11.3. The highest BCUT2D eigenvalue weighted by Crippen LogP contribution is 2.44. The van der Waals surface area contributed by atoms with Crippen molar-refractivity contribution in [1.82, 2.24) is 5.32 Å². The lowest BCUT2D eigenvalue weighted by Crippen LogP contribution is -2.43. The number of rotatable bonds is 8. The van der Waals surface area contributed by atoms with Gasteiger partial charge in [0, 0.05) is 5.92 Å². The number of benzene rings is 3. The van der Waals surface area contributed by atoms with Crippen LogP contribution < -0.4 is 14.8 Å². The lowest BCUT2D eigenvalue weighted by molar-refractivity contribution is -0.148. The second-order valence-corrected chi connectivity index (χ2v) is 9.04. The number of hydrogen-bond donors (Lipinski definition) is 2. The van der Waals surface area contributed by atoms with E-state index in [-0.39, 0.29) is 12.5 Å². The van der Waals surface area contributed by atoms with Crippen molar-refractivity contribution in [3.63, 3.8) is 0 Å². The highest BCUT2D eigenvalue weighted by molar-refractivity contribution is 5.79. The fourth-order valence-corrected chi connectivity index (χ4v) is 4.59. The SMILES string of the molecule is COc1ccc(C(NC(=O)OCC2c3ccccc3-c3ccccc32)C(C)(C)C(=O)O)cc1OC. The molecule has 7 heteroatoms. The number of carbonyl (C=O) groups is 2. The van der Waals surface area contributed by atoms with Crippen LogP contribution in [0.3, 0.4) is 0 Å². The number of carboxylic acids is 1. The molecule has 7 nitrogen and oxygen atoms in total. The molecule has 182 valence electrons. The number of carbonyl (C=O) groups excluding carboxylic acids is 1. The second-order valence-electron chi connectivity index (χ2n) is 9.04. The molecule has 0 saturated heterocycles. The van der Waals surface area contributed by atoms with Gasteiger partial charge in [-0.2, -0.15) is 0 Å². The number of fused-ring (bicyclic) bond motifs is 3. The van der Waals surface area contributed by atoms with E-state index in [2.05, 4.69) is 17.4 Å². The first-order valence-corrected chi connectivity index (χ1v) is 11.3. The van der Waals surface area contributed by atoms with E-state index >= 15 is 0 Å². The summed E-state index contributed by atoms with van der Waals surface area (Å²) >= 11 is 0. The Morgan fingerprint density at radius 2 is 1.49 bits per heavy atom. The number of hydrogen-bond acceptors (Lipinski definition) is 5. The predicted molar refractivity (Wildman–Crippen MR) is 132 cm³/mol. The first kappa shape index (κ1) is 24.1. The van der Waals surface area contributed by atoms with E-state index in [1.807, 2.05) is 36.4 Å². The van der Waals surface area contributed by atoms with Crippen LogP contribution in [0.4, 0.5) is 4.79 Å². The molecule has 3 aromatic rings. The zero-order valence-corrected chi connectivity index (χ0v) is 20.2. The molecule has 0 aliphatic heterocycles. The number of ether oxygens (including phenoxy) is 3. The average molecular weight is 476 g/mol. The van der Waals surface area contributed by atoms with Gasteiger partial charge in [0.05, 0.1) is 25.7 Å². The van der Waals surface area contributed by atoms with Crippen LogP contribution in [-0.4, -0.2) is 38.0 Å². The molecule has 0 aromatic heterocycles. The highest BCUT2D eigenvalue weighted by Gasteiger charge is 2.40. The molecule has 2 N–H and O–H groups in total. The molecule has 1 aliphatic carbocycles. The first-order chi connectivity index (χ1) is 16.8. The molecule has 0 bridgehead atoms. The molecule has 0 spiro atoms. The Morgan fingerprint density at radius 1 is 0.914 bits per heavy atom. The van der Waals surface area contributed by atoms with Gasteiger partial charge in [0.25, 0.3) is 0 Å². The minimum Gasteiger partial charge on any atom is -0.493 e. The van der Waals surface area contributed by atoms with E-state index < -0.39 is 23.5 Å². The van der Waals surface area contributed by atoms with Gasteiger partial charge < -0.3 is 24.6 Å². The zero-order valence-electron chi connectivity index (χ0n) is 20.2. The third kappa shape index (κ3) is 4.54. The Morgan fingerprint density at radius 3 is 2.03 bits per heavy atom. The number of amides is 1. The number of aliphatic carboxylic acids is 1. The molecule has 1 unspecified atom stereocenters. The topological polar surface area (TPSA) is 94.1 Å². The van der Waals surface area contributed by atoms with Crippen molar-refractivity contribution in [3.8, 4) is 22.6 Å². The molecule has 0 fully saturated rings. The number of nitrogens with one attached hydrogen (secondary N) is 1. The summed E-state index contributed by atoms with van der Waals surface area (Å²) in [7, 11) is 3.02. The molecule has 0 heterocycles. The predicted octanol–water partition coefficient (Wildman–Crippen LogP) is 5.39. The van der Waals surface area contributed by atoms with Crippen LogP contribution in [0.15, 0.2) is 66.7 Å². The molecule has 1 aliphatic rings. The Bertz CT molecular complexity index is 1210. The third-order valence-electron chi connectivity index (χ3n) is 6.62. The smallest absolute Gasteiger partial charge is 0.407 e. The van der Waals surface area contributed by atoms with Crippen LogP contribution in [0.25, 0.3) is 11.1 Å². The number of carboxylic acid groups (broad SMARTS) is 1. The fourth-order valence-electron chi connectivity index (χ4n) is 4.59. The fraction of sp³-hybridized carbons (Fsp3) is 0.286. The summed E-state index contributed by atoms with van der Waals surface area (Å²) in [6.07, 6.45) is -0.694. The monoisotopic (exact) mass is 475 g/mol. The van der Waals surface area contributed by atoms with Gasteiger partial charge in [-0.3, -0.25) is 4.79 Å². The van der Waals surface area contributed by atoms with Gasteiger partial charge in [0.2, 0.25) is 0 Å². The van der Waals surface area contributed by atoms with Crippen LogP contribution in [-0.2, 0) is 9.53 Å². The Kier molecular flexibility index (Phi) is 6.69. The van der Waals surface area contributed by atoms with Crippen molar-refractivity contribution in [3.05, 3.63) is 83.4 Å². The van der Waals surface area contributed by atoms with Gasteiger partial charge in [0.1, 0.15) is 6.61 Å². The molecule has 0 radical (unpaired) electrons. The van der Waals surface area contributed by atoms with Gasteiger partial charge in [-0.15, -0.1) is 0 Å². The molecule has 4 rings (SSSR count). The van der Waals surface area contributed by atoms with Gasteiger partial charge in [-0.05, 0) is 53.8 Å². The number of methoxy groups -OCH3 is 2. The maximum atomic E-state index is 13.0. The van der Waals surface area contributed by atoms with E-state index in [1.165, 1.54) is 14.2 Å². The van der Waals surface area contributed by atoms with Gasteiger partial charge >= 0.3 is 12.1 Å².